The van der Waals surface area contributed by atoms with Gasteiger partial charge in [0.25, 0.3) is 0 Å². The van der Waals surface area contributed by atoms with Gasteiger partial charge in [-0.1, -0.05) is 18.2 Å². The maximum Gasteiger partial charge on any atom is 0.175 e. The zero-order valence-corrected chi connectivity index (χ0v) is 19.0. The summed E-state index contributed by atoms with van der Waals surface area (Å²) < 4.78 is 25.4. The number of H-pyrrole nitrogens is 1. The number of fused-ring (bicyclic) bond motifs is 1. The summed E-state index contributed by atoms with van der Waals surface area (Å²) in [6.45, 7) is 2.19. The van der Waals surface area contributed by atoms with Crippen molar-refractivity contribution in [3.05, 3.63) is 87.4 Å². The van der Waals surface area contributed by atoms with Gasteiger partial charge in [0, 0.05) is 0 Å². The Balaban J connectivity index is 1.64. The molecule has 0 fully saturated rings. The van der Waals surface area contributed by atoms with E-state index >= 15 is 0 Å². The van der Waals surface area contributed by atoms with E-state index in [1.165, 1.54) is 19.2 Å². The highest BCUT2D eigenvalue weighted by molar-refractivity contribution is 9.10. The molecule has 1 N–H and O–H groups in total. The third kappa shape index (κ3) is 4.66. The third-order valence-electron chi connectivity index (χ3n) is 4.85. The molecule has 32 heavy (non-hydrogen) atoms. The Bertz CT molecular complexity index is 1370. The zero-order chi connectivity index (χ0) is 22.7. The third-order valence-corrected chi connectivity index (χ3v) is 5.44. The predicted molar refractivity (Wildman–Crippen MR) is 126 cm³/mol. The minimum atomic E-state index is -0.317. The van der Waals surface area contributed by atoms with Crippen molar-refractivity contribution in [2.24, 2.45) is 0 Å². The Morgan fingerprint density at radius 3 is 2.81 bits per heavy atom. The number of hydrogen-bond donors (Lipinski definition) is 1. The molecule has 0 aliphatic rings. The van der Waals surface area contributed by atoms with Crippen LogP contribution in [0.5, 0.6) is 11.5 Å². The monoisotopic (exact) mass is 491 g/mol. The average Bonchev–Trinajstić information content (AvgIpc) is 3.19. The summed E-state index contributed by atoms with van der Waals surface area (Å²) in [5, 5.41) is 9.73. The number of aromatic nitrogens is 2. The van der Waals surface area contributed by atoms with Crippen molar-refractivity contribution in [1.29, 1.82) is 5.26 Å². The molecule has 0 bridgehead atoms. The lowest BCUT2D eigenvalue weighted by atomic mass is 10.1. The molecule has 3 aromatic carbocycles. The number of imidazole rings is 1. The molecule has 4 rings (SSSR count). The summed E-state index contributed by atoms with van der Waals surface area (Å²) in [4.78, 5) is 7.73. The molecule has 4 aromatic rings. The van der Waals surface area contributed by atoms with Gasteiger partial charge >= 0.3 is 0 Å². The van der Waals surface area contributed by atoms with E-state index in [0.717, 1.165) is 22.2 Å². The van der Waals surface area contributed by atoms with E-state index in [0.29, 0.717) is 32.9 Å². The molecule has 0 radical (unpaired) electrons. The number of aromatic amines is 1. The molecule has 0 saturated carbocycles. The number of ether oxygens (including phenoxy) is 2. The van der Waals surface area contributed by atoms with Crippen LogP contribution >= 0.6 is 15.9 Å². The maximum absolute atomic E-state index is 13.4. The number of nitriles is 1. The van der Waals surface area contributed by atoms with Crippen LogP contribution in [-0.2, 0) is 6.61 Å². The fraction of sp³-hybridized carbons (Fsp3) is 0.120. The lowest BCUT2D eigenvalue weighted by molar-refractivity contribution is 0.282. The molecule has 0 unspecified atom stereocenters. The second-order valence-corrected chi connectivity index (χ2v) is 8.08. The summed E-state index contributed by atoms with van der Waals surface area (Å²) in [5.41, 5.74) is 4.61. The molecule has 0 atom stereocenters. The number of hydrogen-bond acceptors (Lipinski definition) is 4. The number of halogens is 2. The minimum absolute atomic E-state index is 0.184. The topological polar surface area (TPSA) is 70.9 Å². The Kier molecular flexibility index (Phi) is 6.24. The first-order chi connectivity index (χ1) is 15.5. The fourth-order valence-electron chi connectivity index (χ4n) is 3.32. The van der Waals surface area contributed by atoms with E-state index in [1.807, 2.05) is 31.2 Å². The molecular weight excluding hydrogens is 473 g/mol. The Labute approximate surface area is 193 Å². The van der Waals surface area contributed by atoms with Crippen molar-refractivity contribution >= 4 is 38.6 Å². The largest absolute Gasteiger partial charge is 0.493 e. The molecule has 0 spiro atoms. The van der Waals surface area contributed by atoms with Crippen LogP contribution in [-0.4, -0.2) is 17.1 Å². The van der Waals surface area contributed by atoms with Crippen LogP contribution in [0.2, 0.25) is 0 Å². The van der Waals surface area contributed by atoms with Gasteiger partial charge in [-0.15, -0.1) is 0 Å². The number of nitrogens with zero attached hydrogens (tertiary/aromatic N) is 2. The highest BCUT2D eigenvalue weighted by atomic mass is 79.9. The predicted octanol–water partition coefficient (Wildman–Crippen LogP) is 6.42. The van der Waals surface area contributed by atoms with Crippen LogP contribution in [0.15, 0.2) is 59.1 Å². The molecule has 0 aliphatic carbocycles. The van der Waals surface area contributed by atoms with Gasteiger partial charge in [0.1, 0.15) is 24.3 Å². The first kappa shape index (κ1) is 21.6. The average molecular weight is 492 g/mol. The van der Waals surface area contributed by atoms with Crippen molar-refractivity contribution in [1.82, 2.24) is 9.97 Å². The van der Waals surface area contributed by atoms with E-state index in [1.54, 1.807) is 24.3 Å². The van der Waals surface area contributed by atoms with Crippen LogP contribution < -0.4 is 9.47 Å². The van der Waals surface area contributed by atoms with Gasteiger partial charge in [-0.2, -0.15) is 5.26 Å². The maximum atomic E-state index is 13.4. The molecule has 0 saturated heterocycles. The first-order valence-electron chi connectivity index (χ1n) is 9.80. The van der Waals surface area contributed by atoms with Crippen molar-refractivity contribution in [3.63, 3.8) is 0 Å². The number of allylic oxidation sites excluding steroid dienone is 1. The normalized spacial score (nSPS) is 11.4. The van der Waals surface area contributed by atoms with E-state index in [-0.39, 0.29) is 12.4 Å². The highest BCUT2D eigenvalue weighted by Crippen LogP contribution is 2.38. The van der Waals surface area contributed by atoms with E-state index in [4.69, 9.17) is 9.47 Å². The number of benzene rings is 3. The smallest absolute Gasteiger partial charge is 0.175 e. The van der Waals surface area contributed by atoms with E-state index < -0.39 is 0 Å². The van der Waals surface area contributed by atoms with Gasteiger partial charge in [-0.3, -0.25) is 0 Å². The van der Waals surface area contributed by atoms with Crippen LogP contribution in [0, 0.1) is 24.1 Å². The quantitative estimate of drug-likeness (QED) is 0.315. The number of nitrogens with one attached hydrogen (secondary N) is 1. The van der Waals surface area contributed by atoms with Gasteiger partial charge in [-0.05, 0) is 82.0 Å². The Morgan fingerprint density at radius 2 is 2.06 bits per heavy atom. The number of aryl methyl sites for hydroxylation is 1. The lowest BCUT2D eigenvalue weighted by Gasteiger charge is -2.14. The van der Waals surface area contributed by atoms with Gasteiger partial charge in [0.15, 0.2) is 11.5 Å². The fourth-order valence-corrected chi connectivity index (χ4v) is 3.89. The Hall–Kier alpha value is -3.63. The molecule has 1 heterocycles. The van der Waals surface area contributed by atoms with Gasteiger partial charge in [-0.25, -0.2) is 9.37 Å². The second-order valence-electron chi connectivity index (χ2n) is 7.23. The van der Waals surface area contributed by atoms with E-state index in [9.17, 15) is 9.65 Å². The first-order valence-corrected chi connectivity index (χ1v) is 10.6. The summed E-state index contributed by atoms with van der Waals surface area (Å²) >= 11 is 3.52. The molecule has 0 aliphatic heterocycles. The molecule has 160 valence electrons. The molecule has 0 amide bonds. The summed E-state index contributed by atoms with van der Waals surface area (Å²) in [7, 11) is 1.54. The Morgan fingerprint density at radius 1 is 1.22 bits per heavy atom. The van der Waals surface area contributed by atoms with Crippen molar-refractivity contribution in [3.8, 4) is 17.6 Å². The van der Waals surface area contributed by atoms with Crippen LogP contribution in [0.1, 0.15) is 22.5 Å². The van der Waals surface area contributed by atoms with Crippen molar-refractivity contribution < 1.29 is 13.9 Å². The van der Waals surface area contributed by atoms with Crippen LogP contribution in [0.25, 0.3) is 22.7 Å². The lowest BCUT2D eigenvalue weighted by Crippen LogP contribution is -1.99. The van der Waals surface area contributed by atoms with Crippen LogP contribution in [0.3, 0.4) is 0 Å². The summed E-state index contributed by atoms with van der Waals surface area (Å²) in [6.07, 6.45) is 1.73. The van der Waals surface area contributed by atoms with Crippen molar-refractivity contribution in [2.75, 3.05) is 7.11 Å². The van der Waals surface area contributed by atoms with Crippen molar-refractivity contribution in [2.45, 2.75) is 13.5 Å². The van der Waals surface area contributed by atoms with Gasteiger partial charge in [0.2, 0.25) is 0 Å². The number of methoxy groups -OCH3 is 1. The standard InChI is InChI=1S/C25H19BrFN3O2/c1-15-6-7-21-22(8-15)30-25(29-21)18(13-28)9-17-11-20(26)24(23(12-17)31-2)32-14-16-4-3-5-19(27)10-16/h3-12H,14H2,1-2H3,(H,29,30). The highest BCUT2D eigenvalue weighted by Gasteiger charge is 2.14. The van der Waals surface area contributed by atoms with Crippen LogP contribution in [0.4, 0.5) is 4.39 Å². The summed E-state index contributed by atoms with van der Waals surface area (Å²) in [6, 6.07) is 17.9. The SMILES string of the molecule is COc1cc(C=C(C#N)c2nc3ccc(C)cc3[nH]2)cc(Br)c1OCc1cccc(F)c1. The van der Waals surface area contributed by atoms with Gasteiger partial charge < -0.3 is 14.5 Å². The molecular formula is C25H19BrFN3O2. The molecule has 7 heteroatoms. The van der Waals surface area contributed by atoms with E-state index in [2.05, 4.69) is 32.0 Å². The molecule has 1 aromatic heterocycles. The minimum Gasteiger partial charge on any atom is -0.493 e. The molecule has 5 nitrogen and oxygen atoms in total. The zero-order valence-electron chi connectivity index (χ0n) is 17.4. The van der Waals surface area contributed by atoms with Gasteiger partial charge in [0.05, 0.1) is 28.2 Å². The summed E-state index contributed by atoms with van der Waals surface area (Å²) in [5.74, 6) is 1.16. The number of rotatable bonds is 6. The second kappa shape index (κ2) is 9.25.